The number of nitrogens with one attached hydrogen (secondary N) is 1. The van der Waals surface area contributed by atoms with Gasteiger partial charge in [0.2, 0.25) is 21.8 Å². The summed E-state index contributed by atoms with van der Waals surface area (Å²) < 4.78 is 41.1. The SMILES string of the molecule is CC(=O)N1c2ccc(S(=O)(=O)N3CCC[C@@H](C(=O)NCc4ccc(F)cc4)C3)cc2C[C@H]1C. The number of nitrogens with zero attached hydrogens (tertiary/aromatic N) is 2. The van der Waals surface area contributed by atoms with E-state index in [-0.39, 0.29) is 41.7 Å². The first-order chi connectivity index (χ1) is 15.7. The van der Waals surface area contributed by atoms with Crippen LogP contribution in [-0.4, -0.2) is 43.7 Å². The van der Waals surface area contributed by atoms with E-state index in [0.29, 0.717) is 25.8 Å². The summed E-state index contributed by atoms with van der Waals surface area (Å²) >= 11 is 0. The smallest absolute Gasteiger partial charge is 0.243 e. The molecule has 2 amide bonds. The number of amides is 2. The first kappa shape index (κ1) is 23.4. The third-order valence-corrected chi connectivity index (χ3v) is 8.24. The molecule has 0 spiro atoms. The first-order valence-electron chi connectivity index (χ1n) is 11.1. The minimum Gasteiger partial charge on any atom is -0.352 e. The van der Waals surface area contributed by atoms with Crippen molar-refractivity contribution in [2.24, 2.45) is 5.92 Å². The molecular formula is C24H28FN3O4S. The lowest BCUT2D eigenvalue weighted by molar-refractivity contribution is -0.126. The van der Waals surface area contributed by atoms with E-state index in [9.17, 15) is 22.4 Å². The van der Waals surface area contributed by atoms with Gasteiger partial charge in [0.1, 0.15) is 5.82 Å². The molecule has 2 aliphatic rings. The minimum atomic E-state index is -3.77. The Hall–Kier alpha value is -2.78. The van der Waals surface area contributed by atoms with E-state index in [4.69, 9.17) is 0 Å². The van der Waals surface area contributed by atoms with Gasteiger partial charge in [-0.25, -0.2) is 12.8 Å². The van der Waals surface area contributed by atoms with E-state index in [1.54, 1.807) is 35.2 Å². The van der Waals surface area contributed by atoms with Crippen LogP contribution in [0.5, 0.6) is 0 Å². The predicted molar refractivity (Wildman–Crippen MR) is 122 cm³/mol. The highest BCUT2D eigenvalue weighted by Gasteiger charge is 2.35. The molecule has 1 saturated heterocycles. The van der Waals surface area contributed by atoms with Gasteiger partial charge in [0.05, 0.1) is 10.8 Å². The van der Waals surface area contributed by atoms with Crippen LogP contribution in [0.4, 0.5) is 10.1 Å². The third kappa shape index (κ3) is 4.79. The zero-order chi connectivity index (χ0) is 23.8. The molecule has 2 atom stereocenters. The summed E-state index contributed by atoms with van der Waals surface area (Å²) in [6.45, 7) is 4.18. The Balaban J connectivity index is 1.45. The summed E-state index contributed by atoms with van der Waals surface area (Å²) in [6.07, 6.45) is 1.80. The fourth-order valence-electron chi connectivity index (χ4n) is 4.71. The largest absolute Gasteiger partial charge is 0.352 e. The van der Waals surface area contributed by atoms with Crippen LogP contribution in [0.2, 0.25) is 0 Å². The Morgan fingerprint density at radius 1 is 1.15 bits per heavy atom. The molecule has 2 aromatic rings. The maximum atomic E-state index is 13.3. The number of anilines is 1. The van der Waals surface area contributed by atoms with Gasteiger partial charge in [-0.3, -0.25) is 9.59 Å². The van der Waals surface area contributed by atoms with E-state index >= 15 is 0 Å². The molecule has 7 nitrogen and oxygen atoms in total. The summed E-state index contributed by atoms with van der Waals surface area (Å²) in [4.78, 5) is 26.5. The Bertz CT molecular complexity index is 1170. The summed E-state index contributed by atoms with van der Waals surface area (Å²) in [6, 6.07) is 10.8. The topological polar surface area (TPSA) is 86.8 Å². The van der Waals surface area contributed by atoms with Crippen molar-refractivity contribution in [2.75, 3.05) is 18.0 Å². The number of piperidine rings is 1. The van der Waals surface area contributed by atoms with E-state index in [2.05, 4.69) is 5.32 Å². The van der Waals surface area contributed by atoms with Gasteiger partial charge in [-0.2, -0.15) is 4.31 Å². The fourth-order valence-corrected chi connectivity index (χ4v) is 6.28. The van der Waals surface area contributed by atoms with Crippen molar-refractivity contribution in [1.29, 1.82) is 0 Å². The first-order valence-corrected chi connectivity index (χ1v) is 12.6. The van der Waals surface area contributed by atoms with Crippen molar-refractivity contribution < 1.29 is 22.4 Å². The van der Waals surface area contributed by atoms with Gasteiger partial charge < -0.3 is 10.2 Å². The van der Waals surface area contributed by atoms with Crippen molar-refractivity contribution in [3.63, 3.8) is 0 Å². The lowest BCUT2D eigenvalue weighted by atomic mass is 9.99. The molecule has 0 aromatic heterocycles. The Kier molecular flexibility index (Phi) is 6.54. The number of benzene rings is 2. The van der Waals surface area contributed by atoms with Gasteiger partial charge in [0.25, 0.3) is 0 Å². The molecule has 1 fully saturated rings. The number of fused-ring (bicyclic) bond motifs is 1. The van der Waals surface area contributed by atoms with Crippen LogP contribution in [0.3, 0.4) is 0 Å². The van der Waals surface area contributed by atoms with Gasteiger partial charge in [-0.15, -0.1) is 0 Å². The number of sulfonamides is 1. The average molecular weight is 474 g/mol. The van der Waals surface area contributed by atoms with Crippen LogP contribution in [0.15, 0.2) is 47.4 Å². The molecule has 9 heteroatoms. The normalized spacial score (nSPS) is 21.0. The summed E-state index contributed by atoms with van der Waals surface area (Å²) in [5, 5.41) is 2.83. The summed E-state index contributed by atoms with van der Waals surface area (Å²) in [7, 11) is -3.77. The summed E-state index contributed by atoms with van der Waals surface area (Å²) in [5.41, 5.74) is 2.37. The average Bonchev–Trinajstić information content (AvgIpc) is 3.13. The second-order valence-electron chi connectivity index (χ2n) is 8.78. The summed E-state index contributed by atoms with van der Waals surface area (Å²) in [5.74, 6) is -1.06. The molecule has 2 aromatic carbocycles. The molecule has 0 saturated carbocycles. The van der Waals surface area contributed by atoms with Gasteiger partial charge in [0, 0.05) is 38.3 Å². The molecule has 0 unspecified atom stereocenters. The number of carbonyl (C=O) groups excluding carboxylic acids is 2. The van der Waals surface area contributed by atoms with Crippen LogP contribution in [0.25, 0.3) is 0 Å². The highest BCUT2D eigenvalue weighted by molar-refractivity contribution is 7.89. The van der Waals surface area contributed by atoms with Crippen molar-refractivity contribution in [1.82, 2.24) is 9.62 Å². The molecule has 176 valence electrons. The van der Waals surface area contributed by atoms with Crippen LogP contribution < -0.4 is 10.2 Å². The number of hydrogen-bond acceptors (Lipinski definition) is 4. The number of hydrogen-bond donors (Lipinski definition) is 1. The quantitative estimate of drug-likeness (QED) is 0.724. The van der Waals surface area contributed by atoms with Crippen LogP contribution in [0.1, 0.15) is 37.8 Å². The van der Waals surface area contributed by atoms with Gasteiger partial charge in [-0.05, 0) is 67.6 Å². The second kappa shape index (κ2) is 9.23. The Morgan fingerprint density at radius 2 is 1.88 bits per heavy atom. The van der Waals surface area contributed by atoms with Gasteiger partial charge in [-0.1, -0.05) is 12.1 Å². The molecule has 33 heavy (non-hydrogen) atoms. The van der Waals surface area contributed by atoms with Crippen LogP contribution >= 0.6 is 0 Å². The molecule has 1 N–H and O–H groups in total. The molecular weight excluding hydrogens is 445 g/mol. The molecule has 0 radical (unpaired) electrons. The number of halogens is 1. The predicted octanol–water partition coefficient (Wildman–Crippen LogP) is 2.84. The minimum absolute atomic E-state index is 0.0142. The van der Waals surface area contributed by atoms with Crippen molar-refractivity contribution in [3.8, 4) is 0 Å². The van der Waals surface area contributed by atoms with Crippen molar-refractivity contribution >= 4 is 27.5 Å². The standard InChI is InChI=1S/C24H28FN3O4S/c1-16-12-20-13-22(9-10-23(20)28(16)17(2)29)33(31,32)27-11-3-4-19(15-27)24(30)26-14-18-5-7-21(25)8-6-18/h5-10,13,16,19H,3-4,11-12,14-15H2,1-2H3,(H,26,30)/t16-,19-/m1/s1. The van der Waals surface area contributed by atoms with Gasteiger partial charge in [0.15, 0.2) is 0 Å². The second-order valence-corrected chi connectivity index (χ2v) is 10.7. The van der Waals surface area contributed by atoms with E-state index in [0.717, 1.165) is 16.8 Å². The van der Waals surface area contributed by atoms with E-state index in [1.807, 2.05) is 6.92 Å². The highest BCUT2D eigenvalue weighted by atomic mass is 32.2. The molecule has 4 rings (SSSR count). The zero-order valence-corrected chi connectivity index (χ0v) is 19.6. The Morgan fingerprint density at radius 3 is 2.58 bits per heavy atom. The van der Waals surface area contributed by atoms with Crippen LogP contribution in [0, 0.1) is 11.7 Å². The maximum absolute atomic E-state index is 13.3. The van der Waals surface area contributed by atoms with E-state index < -0.39 is 15.9 Å². The molecule has 0 bridgehead atoms. The van der Waals surface area contributed by atoms with Crippen molar-refractivity contribution in [3.05, 3.63) is 59.4 Å². The Labute approximate surface area is 193 Å². The van der Waals surface area contributed by atoms with Gasteiger partial charge >= 0.3 is 0 Å². The highest BCUT2D eigenvalue weighted by Crippen LogP contribution is 2.35. The van der Waals surface area contributed by atoms with Crippen LogP contribution in [-0.2, 0) is 32.6 Å². The monoisotopic (exact) mass is 473 g/mol. The fraction of sp³-hybridized carbons (Fsp3) is 0.417. The molecule has 2 heterocycles. The third-order valence-electron chi connectivity index (χ3n) is 6.38. The lowest BCUT2D eigenvalue weighted by Crippen LogP contribution is -2.45. The molecule has 0 aliphatic carbocycles. The van der Waals surface area contributed by atoms with Crippen molar-refractivity contribution in [2.45, 2.75) is 50.6 Å². The zero-order valence-electron chi connectivity index (χ0n) is 18.8. The number of rotatable bonds is 5. The lowest BCUT2D eigenvalue weighted by Gasteiger charge is -2.31. The molecule has 2 aliphatic heterocycles. The number of carbonyl (C=O) groups is 2. The maximum Gasteiger partial charge on any atom is 0.243 e. The van der Waals surface area contributed by atoms with E-state index in [1.165, 1.54) is 23.4 Å².